The molecule has 2 atom stereocenters. The van der Waals surface area contributed by atoms with Gasteiger partial charge in [0.1, 0.15) is 11.9 Å². The van der Waals surface area contributed by atoms with Crippen molar-refractivity contribution < 1.29 is 13.9 Å². The average Bonchev–Trinajstić information content (AvgIpc) is 3.15. The van der Waals surface area contributed by atoms with Gasteiger partial charge in [0, 0.05) is 38.9 Å². The van der Waals surface area contributed by atoms with Crippen molar-refractivity contribution in [1.82, 2.24) is 20.0 Å². The lowest BCUT2D eigenvalue weighted by Gasteiger charge is -2.35. The monoisotopic (exact) mass is 530 g/mol. The van der Waals surface area contributed by atoms with Crippen molar-refractivity contribution in [1.29, 1.82) is 0 Å². The van der Waals surface area contributed by atoms with E-state index in [1.54, 1.807) is 30.1 Å². The summed E-state index contributed by atoms with van der Waals surface area (Å²) in [6, 6.07) is 6.10. The molecule has 0 aliphatic carbocycles. The minimum absolute atomic E-state index is 0. The van der Waals surface area contributed by atoms with Crippen LogP contribution in [0.5, 0.6) is 0 Å². The van der Waals surface area contributed by atoms with Crippen molar-refractivity contribution in [3.63, 3.8) is 0 Å². The SMILES string of the molecule is CN=C(NCC(Cc1ccc(F)cc1)C(N)=O)N1CCOC(c2cnn(C)c2)C1.I. The Morgan fingerprint density at radius 1 is 1.43 bits per heavy atom. The molecule has 0 saturated carbocycles. The fourth-order valence-electron chi connectivity index (χ4n) is 3.37. The number of rotatable bonds is 6. The zero-order valence-electron chi connectivity index (χ0n) is 17.1. The number of nitrogens with zero attached hydrogens (tertiary/aromatic N) is 4. The molecule has 1 aromatic carbocycles. The van der Waals surface area contributed by atoms with E-state index >= 15 is 0 Å². The van der Waals surface area contributed by atoms with E-state index < -0.39 is 11.8 Å². The number of nitrogens with two attached hydrogens (primary N) is 1. The highest BCUT2D eigenvalue weighted by Crippen LogP contribution is 2.21. The maximum Gasteiger partial charge on any atom is 0.222 e. The van der Waals surface area contributed by atoms with Crippen LogP contribution in [0.25, 0.3) is 0 Å². The quantitative estimate of drug-likeness (QED) is 0.335. The summed E-state index contributed by atoms with van der Waals surface area (Å²) in [6.45, 7) is 2.23. The van der Waals surface area contributed by atoms with Gasteiger partial charge in [0.15, 0.2) is 5.96 Å². The smallest absolute Gasteiger partial charge is 0.222 e. The average molecular weight is 530 g/mol. The molecule has 1 fully saturated rings. The topological polar surface area (TPSA) is 97.8 Å². The number of carbonyl (C=O) groups excluding carboxylic acids is 1. The van der Waals surface area contributed by atoms with E-state index in [2.05, 4.69) is 20.3 Å². The van der Waals surface area contributed by atoms with Crippen LogP contribution in [0.1, 0.15) is 17.2 Å². The van der Waals surface area contributed by atoms with E-state index in [1.165, 1.54) is 12.1 Å². The Labute approximate surface area is 192 Å². The third kappa shape index (κ3) is 6.39. The van der Waals surface area contributed by atoms with Crippen molar-refractivity contribution in [3.05, 3.63) is 53.6 Å². The molecule has 2 unspecified atom stereocenters. The number of ether oxygens (including phenoxy) is 1. The summed E-state index contributed by atoms with van der Waals surface area (Å²) in [7, 11) is 3.58. The van der Waals surface area contributed by atoms with Gasteiger partial charge in [-0.25, -0.2) is 4.39 Å². The zero-order valence-corrected chi connectivity index (χ0v) is 19.5. The van der Waals surface area contributed by atoms with E-state index in [4.69, 9.17) is 10.5 Å². The first-order valence-corrected chi connectivity index (χ1v) is 9.55. The predicted octanol–water partition coefficient (Wildman–Crippen LogP) is 1.47. The summed E-state index contributed by atoms with van der Waals surface area (Å²) >= 11 is 0. The van der Waals surface area contributed by atoms with Crippen LogP contribution >= 0.6 is 24.0 Å². The lowest BCUT2D eigenvalue weighted by molar-refractivity contribution is -0.121. The molecule has 164 valence electrons. The molecule has 0 radical (unpaired) electrons. The molecule has 1 aromatic heterocycles. The van der Waals surface area contributed by atoms with E-state index in [0.717, 1.165) is 11.1 Å². The molecule has 3 rings (SSSR count). The van der Waals surface area contributed by atoms with Crippen molar-refractivity contribution in [3.8, 4) is 0 Å². The molecule has 2 aromatic rings. The highest BCUT2D eigenvalue weighted by Gasteiger charge is 2.26. The second-order valence-electron chi connectivity index (χ2n) is 7.11. The van der Waals surface area contributed by atoms with Gasteiger partial charge in [-0.15, -0.1) is 24.0 Å². The maximum absolute atomic E-state index is 13.1. The van der Waals surface area contributed by atoms with Crippen molar-refractivity contribution in [2.75, 3.05) is 33.3 Å². The van der Waals surface area contributed by atoms with Gasteiger partial charge in [-0.1, -0.05) is 12.1 Å². The summed E-state index contributed by atoms with van der Waals surface area (Å²) < 4.78 is 20.7. The number of amides is 1. The third-order valence-electron chi connectivity index (χ3n) is 4.98. The number of guanidine groups is 1. The van der Waals surface area contributed by atoms with E-state index in [9.17, 15) is 9.18 Å². The first-order chi connectivity index (χ1) is 14.0. The summed E-state index contributed by atoms with van der Waals surface area (Å²) in [4.78, 5) is 18.4. The Bertz CT molecular complexity index is 857. The molecule has 2 heterocycles. The lowest BCUT2D eigenvalue weighted by Crippen LogP contribution is -2.50. The first kappa shape index (κ1) is 24.1. The van der Waals surface area contributed by atoms with Crippen LogP contribution in [0.3, 0.4) is 0 Å². The van der Waals surface area contributed by atoms with E-state index in [0.29, 0.717) is 38.6 Å². The number of aromatic nitrogens is 2. The largest absolute Gasteiger partial charge is 0.370 e. The number of hydrogen-bond donors (Lipinski definition) is 2. The zero-order chi connectivity index (χ0) is 20.8. The number of hydrogen-bond acceptors (Lipinski definition) is 4. The normalized spacial score (nSPS) is 17.9. The number of aliphatic imine (C=N–C) groups is 1. The highest BCUT2D eigenvalue weighted by molar-refractivity contribution is 14.0. The summed E-state index contributed by atoms with van der Waals surface area (Å²) in [5.41, 5.74) is 7.45. The standard InChI is InChI=1S/C20H27FN6O2.HI/c1-23-20(27-7-8-29-18(13-27)16-11-25-26(2)12-16)24-10-15(19(22)28)9-14-3-5-17(21)6-4-14;/h3-6,11-12,15,18H,7-10,13H2,1-2H3,(H2,22,28)(H,23,24);1H. The number of primary amides is 1. The third-order valence-corrected chi connectivity index (χ3v) is 4.98. The van der Waals surface area contributed by atoms with E-state index in [1.807, 2.05) is 13.2 Å². The molecular weight excluding hydrogens is 502 g/mol. The van der Waals surface area contributed by atoms with Crippen molar-refractivity contribution >= 4 is 35.8 Å². The molecular formula is C20H28FIN6O2. The van der Waals surface area contributed by atoms with Crippen LogP contribution in [0.2, 0.25) is 0 Å². The van der Waals surface area contributed by atoms with Gasteiger partial charge in [0.25, 0.3) is 0 Å². The van der Waals surface area contributed by atoms with Gasteiger partial charge >= 0.3 is 0 Å². The summed E-state index contributed by atoms with van der Waals surface area (Å²) in [6.07, 6.45) is 4.08. The highest BCUT2D eigenvalue weighted by atomic mass is 127. The molecule has 1 saturated heterocycles. The molecule has 3 N–H and O–H groups in total. The van der Waals surface area contributed by atoms with Crippen LogP contribution in [-0.2, 0) is 23.0 Å². The van der Waals surface area contributed by atoms with Crippen LogP contribution in [0, 0.1) is 11.7 Å². The molecule has 1 aliphatic rings. The number of morpholine rings is 1. The summed E-state index contributed by atoms with van der Waals surface area (Å²) in [5.74, 6) is -0.467. The molecule has 30 heavy (non-hydrogen) atoms. The Morgan fingerprint density at radius 2 is 2.17 bits per heavy atom. The predicted molar refractivity (Wildman–Crippen MR) is 123 cm³/mol. The fraction of sp³-hybridized carbons (Fsp3) is 0.450. The van der Waals surface area contributed by atoms with Crippen LogP contribution in [0.15, 0.2) is 41.7 Å². The first-order valence-electron chi connectivity index (χ1n) is 9.55. The molecule has 0 bridgehead atoms. The maximum atomic E-state index is 13.1. The molecule has 0 spiro atoms. The Hall–Kier alpha value is -2.21. The van der Waals surface area contributed by atoms with Gasteiger partial charge in [-0.2, -0.15) is 5.10 Å². The van der Waals surface area contributed by atoms with E-state index in [-0.39, 0.29) is 35.9 Å². The lowest BCUT2D eigenvalue weighted by atomic mass is 9.98. The van der Waals surface area contributed by atoms with Gasteiger partial charge < -0.3 is 20.7 Å². The fourth-order valence-corrected chi connectivity index (χ4v) is 3.37. The second kappa shape index (κ2) is 11.3. The minimum atomic E-state index is -0.438. The molecule has 10 heteroatoms. The van der Waals surface area contributed by atoms with Crippen LogP contribution < -0.4 is 11.1 Å². The van der Waals surface area contributed by atoms with Crippen LogP contribution in [0.4, 0.5) is 4.39 Å². The number of benzene rings is 1. The molecule has 1 amide bonds. The Kier molecular flexibility index (Phi) is 9.03. The van der Waals surface area contributed by atoms with Crippen molar-refractivity contribution in [2.45, 2.75) is 12.5 Å². The van der Waals surface area contributed by atoms with Crippen molar-refractivity contribution in [2.24, 2.45) is 23.7 Å². The molecule has 1 aliphatic heterocycles. The van der Waals surface area contributed by atoms with Gasteiger partial charge in [-0.05, 0) is 24.1 Å². The van der Waals surface area contributed by atoms with Gasteiger partial charge in [0.05, 0.1) is 25.3 Å². The van der Waals surface area contributed by atoms with Gasteiger partial charge in [0.2, 0.25) is 5.91 Å². The minimum Gasteiger partial charge on any atom is -0.370 e. The number of carbonyl (C=O) groups is 1. The second-order valence-corrected chi connectivity index (χ2v) is 7.11. The number of halogens is 2. The number of nitrogens with one attached hydrogen (secondary N) is 1. The Morgan fingerprint density at radius 3 is 2.77 bits per heavy atom. The summed E-state index contributed by atoms with van der Waals surface area (Å²) in [5, 5.41) is 7.46. The van der Waals surface area contributed by atoms with Gasteiger partial charge in [-0.3, -0.25) is 14.5 Å². The van der Waals surface area contributed by atoms with Crippen LogP contribution in [-0.4, -0.2) is 59.8 Å². The number of aryl methyl sites for hydroxylation is 1. The molecule has 8 nitrogen and oxygen atoms in total. The Balaban J connectivity index is 0.00000320.